The Bertz CT molecular complexity index is 2260. The second-order valence-electron chi connectivity index (χ2n) is 10.4. The van der Waals surface area contributed by atoms with Crippen LogP contribution in [0.3, 0.4) is 0 Å². The van der Waals surface area contributed by atoms with Crippen LogP contribution in [0, 0.1) is 0 Å². The number of rotatable bonds is 4. The molecular formula is C37H22N2S2. The van der Waals surface area contributed by atoms with Crippen LogP contribution in [0.15, 0.2) is 133 Å². The predicted octanol–water partition coefficient (Wildman–Crippen LogP) is 11.4. The van der Waals surface area contributed by atoms with Crippen molar-refractivity contribution in [1.82, 2.24) is 4.98 Å². The van der Waals surface area contributed by atoms with Crippen LogP contribution < -0.4 is 4.90 Å². The fourth-order valence-electron chi connectivity index (χ4n) is 6.22. The van der Waals surface area contributed by atoms with Crippen LogP contribution in [0.25, 0.3) is 63.2 Å². The van der Waals surface area contributed by atoms with Gasteiger partial charge in [-0.05, 0) is 47.2 Å². The van der Waals surface area contributed by atoms with E-state index in [1.54, 1.807) is 11.3 Å². The molecule has 0 aliphatic heterocycles. The minimum atomic E-state index is 1.07. The molecule has 8 aromatic rings. The van der Waals surface area contributed by atoms with E-state index in [1.165, 1.54) is 58.2 Å². The van der Waals surface area contributed by atoms with Crippen molar-refractivity contribution in [3.63, 3.8) is 0 Å². The zero-order chi connectivity index (χ0) is 26.9. The highest BCUT2D eigenvalue weighted by atomic mass is 32.1. The van der Waals surface area contributed by atoms with Crippen molar-refractivity contribution in [2.24, 2.45) is 0 Å². The van der Waals surface area contributed by atoms with Crippen LogP contribution in [-0.2, 0) is 0 Å². The van der Waals surface area contributed by atoms with Gasteiger partial charge in [-0.15, -0.1) is 22.7 Å². The number of benzene rings is 6. The molecule has 0 bridgehead atoms. The fraction of sp³-hybridized carbons (Fsp3) is 0. The maximum atomic E-state index is 5.16. The molecule has 0 atom stereocenters. The van der Waals surface area contributed by atoms with Gasteiger partial charge in [0.2, 0.25) is 0 Å². The Morgan fingerprint density at radius 1 is 0.561 bits per heavy atom. The summed E-state index contributed by atoms with van der Waals surface area (Å²) in [5, 5.41) is 6.22. The topological polar surface area (TPSA) is 16.1 Å². The molecule has 2 aromatic heterocycles. The molecule has 41 heavy (non-hydrogen) atoms. The SMILES string of the molecule is c1ccc(-c2nc3c(s2)-c2cc(N(c4ccccc4)c4cccc5c4sc4ccccc45)cc4cccc-3c24)cc1. The van der Waals surface area contributed by atoms with Crippen LogP contribution >= 0.6 is 22.7 Å². The summed E-state index contributed by atoms with van der Waals surface area (Å²) in [6, 6.07) is 48.0. The third-order valence-corrected chi connectivity index (χ3v) is 10.4. The van der Waals surface area contributed by atoms with E-state index in [0.29, 0.717) is 0 Å². The van der Waals surface area contributed by atoms with E-state index in [9.17, 15) is 0 Å². The molecule has 0 fully saturated rings. The molecule has 0 radical (unpaired) electrons. The number of nitrogens with zero attached hydrogens (tertiary/aromatic N) is 2. The van der Waals surface area contributed by atoms with Crippen molar-refractivity contribution in [1.29, 1.82) is 0 Å². The van der Waals surface area contributed by atoms with Gasteiger partial charge >= 0.3 is 0 Å². The Morgan fingerprint density at radius 2 is 1.32 bits per heavy atom. The number of aromatic nitrogens is 1. The van der Waals surface area contributed by atoms with Gasteiger partial charge in [-0.3, -0.25) is 0 Å². The van der Waals surface area contributed by atoms with E-state index in [0.717, 1.165) is 22.1 Å². The van der Waals surface area contributed by atoms with Gasteiger partial charge in [-0.1, -0.05) is 97.1 Å². The Labute approximate surface area is 245 Å². The van der Waals surface area contributed by atoms with Crippen molar-refractivity contribution in [3.05, 3.63) is 133 Å². The van der Waals surface area contributed by atoms with Crippen LogP contribution in [0.2, 0.25) is 0 Å². The quantitative estimate of drug-likeness (QED) is 0.214. The Kier molecular flexibility index (Phi) is 4.97. The lowest BCUT2D eigenvalue weighted by molar-refractivity contribution is 1.31. The molecule has 2 heterocycles. The smallest absolute Gasteiger partial charge is 0.124 e. The fourth-order valence-corrected chi connectivity index (χ4v) is 8.53. The summed E-state index contributed by atoms with van der Waals surface area (Å²) in [6.07, 6.45) is 0. The molecule has 2 nitrogen and oxygen atoms in total. The summed E-state index contributed by atoms with van der Waals surface area (Å²) < 4.78 is 2.61. The van der Waals surface area contributed by atoms with Crippen LogP contribution in [-0.4, -0.2) is 4.98 Å². The maximum Gasteiger partial charge on any atom is 0.124 e. The van der Waals surface area contributed by atoms with E-state index >= 15 is 0 Å². The monoisotopic (exact) mass is 558 g/mol. The summed E-state index contributed by atoms with van der Waals surface area (Å²) in [6.45, 7) is 0. The standard InChI is InChI=1S/C37H22N2S2/c1-3-11-23(12-4-1)37-38-34-29-18-9-13-24-21-26(22-30(33(24)29)36(34)41-37)39(25-14-5-2-6-15-25)31-19-10-17-28-27-16-7-8-20-32(27)40-35(28)31/h1-22H. The Hall–Kier alpha value is -4.77. The number of hydrogen-bond donors (Lipinski definition) is 0. The maximum absolute atomic E-state index is 5.16. The zero-order valence-corrected chi connectivity index (χ0v) is 23.5. The van der Waals surface area contributed by atoms with Crippen molar-refractivity contribution in [2.75, 3.05) is 4.90 Å². The third kappa shape index (κ3) is 3.45. The highest BCUT2D eigenvalue weighted by Crippen LogP contribution is 2.54. The van der Waals surface area contributed by atoms with Gasteiger partial charge in [0.15, 0.2) is 0 Å². The highest BCUT2D eigenvalue weighted by Gasteiger charge is 2.28. The van der Waals surface area contributed by atoms with Crippen molar-refractivity contribution >= 4 is 70.7 Å². The van der Waals surface area contributed by atoms with E-state index < -0.39 is 0 Å². The van der Waals surface area contributed by atoms with Gasteiger partial charge in [-0.25, -0.2) is 4.98 Å². The van der Waals surface area contributed by atoms with E-state index in [2.05, 4.69) is 138 Å². The highest BCUT2D eigenvalue weighted by molar-refractivity contribution is 7.26. The Morgan fingerprint density at radius 3 is 2.20 bits per heavy atom. The van der Waals surface area contributed by atoms with Crippen LogP contribution in [0.4, 0.5) is 17.1 Å². The normalized spacial score (nSPS) is 11.9. The number of anilines is 3. The summed E-state index contributed by atoms with van der Waals surface area (Å²) >= 11 is 3.66. The first-order chi connectivity index (χ1) is 20.3. The lowest BCUT2D eigenvalue weighted by Gasteiger charge is -2.27. The van der Waals surface area contributed by atoms with Gasteiger partial charge in [0, 0.05) is 43.5 Å². The van der Waals surface area contributed by atoms with Gasteiger partial charge in [0.25, 0.3) is 0 Å². The molecule has 0 N–H and O–H groups in total. The third-order valence-electron chi connectivity index (χ3n) is 8.01. The van der Waals surface area contributed by atoms with Crippen LogP contribution in [0.5, 0.6) is 0 Å². The van der Waals surface area contributed by atoms with Gasteiger partial charge < -0.3 is 4.90 Å². The molecule has 4 heteroatoms. The molecule has 0 saturated carbocycles. The Balaban J connectivity index is 1.31. The summed E-state index contributed by atoms with van der Waals surface area (Å²) in [4.78, 5) is 8.85. The first-order valence-electron chi connectivity index (χ1n) is 13.7. The first-order valence-corrected chi connectivity index (χ1v) is 15.4. The number of thiazole rings is 1. The van der Waals surface area contributed by atoms with Crippen LogP contribution in [0.1, 0.15) is 0 Å². The van der Waals surface area contributed by atoms with Gasteiger partial charge in [0.05, 0.1) is 21.0 Å². The summed E-state index contributed by atoms with van der Waals surface area (Å²) in [5.74, 6) is 0. The molecule has 1 aliphatic rings. The molecule has 0 saturated heterocycles. The number of thiophene rings is 1. The summed E-state index contributed by atoms with van der Waals surface area (Å²) in [5.41, 5.74) is 8.27. The average Bonchev–Trinajstić information content (AvgIpc) is 3.72. The lowest BCUT2D eigenvalue weighted by Crippen LogP contribution is -2.10. The van der Waals surface area contributed by atoms with E-state index in [1.807, 2.05) is 11.3 Å². The van der Waals surface area contributed by atoms with Crippen molar-refractivity contribution < 1.29 is 0 Å². The largest absolute Gasteiger partial charge is 0.309 e. The predicted molar refractivity (Wildman–Crippen MR) is 177 cm³/mol. The second-order valence-corrected chi connectivity index (χ2v) is 12.4. The van der Waals surface area contributed by atoms with Gasteiger partial charge in [0.1, 0.15) is 5.01 Å². The molecule has 6 aromatic carbocycles. The van der Waals surface area contributed by atoms with Gasteiger partial charge in [-0.2, -0.15) is 0 Å². The summed E-state index contributed by atoms with van der Waals surface area (Å²) in [7, 11) is 0. The number of hydrogen-bond acceptors (Lipinski definition) is 4. The van der Waals surface area contributed by atoms with Crippen molar-refractivity contribution in [2.45, 2.75) is 0 Å². The molecule has 192 valence electrons. The molecular weight excluding hydrogens is 537 g/mol. The molecule has 0 unspecified atom stereocenters. The number of fused-ring (bicyclic) bond motifs is 6. The lowest BCUT2D eigenvalue weighted by atomic mass is 10.0. The first kappa shape index (κ1) is 23.0. The van der Waals surface area contributed by atoms with E-state index in [-0.39, 0.29) is 0 Å². The molecule has 0 amide bonds. The van der Waals surface area contributed by atoms with Crippen molar-refractivity contribution in [3.8, 4) is 32.3 Å². The van der Waals surface area contributed by atoms with E-state index in [4.69, 9.17) is 4.98 Å². The molecule has 0 spiro atoms. The number of para-hydroxylation sites is 1. The molecule has 9 rings (SSSR count). The zero-order valence-electron chi connectivity index (χ0n) is 21.9. The minimum Gasteiger partial charge on any atom is -0.309 e. The average molecular weight is 559 g/mol. The molecule has 1 aliphatic carbocycles. The second kappa shape index (κ2) is 8.87. The minimum absolute atomic E-state index is 1.07.